The van der Waals surface area contributed by atoms with E-state index < -0.39 is 0 Å². The topological polar surface area (TPSA) is 50.7 Å². The zero-order chi connectivity index (χ0) is 20.3. The highest BCUT2D eigenvalue weighted by Crippen LogP contribution is 2.36. The molecule has 144 valence electrons. The lowest BCUT2D eigenvalue weighted by atomic mass is 10.1. The maximum absolute atomic E-state index is 12.4. The summed E-state index contributed by atoms with van der Waals surface area (Å²) in [6.45, 7) is 8.12. The molecule has 1 amide bonds. The second-order valence-corrected chi connectivity index (χ2v) is 8.98. The Hall–Kier alpha value is -1.83. The molecule has 28 heavy (non-hydrogen) atoms. The molecule has 0 aromatic heterocycles. The molecular weight excluding hydrogens is 504 g/mol. The van der Waals surface area contributed by atoms with Crippen LogP contribution in [0, 0.1) is 13.8 Å². The summed E-state index contributed by atoms with van der Waals surface area (Å²) in [6.07, 6.45) is 3.52. The Kier molecular flexibility index (Phi) is 6.80. The molecule has 0 aliphatic carbocycles. The van der Waals surface area contributed by atoms with E-state index in [9.17, 15) is 4.79 Å². The van der Waals surface area contributed by atoms with Crippen molar-refractivity contribution in [2.75, 3.05) is 6.61 Å². The fourth-order valence-corrected chi connectivity index (χ4v) is 5.00. The summed E-state index contributed by atoms with van der Waals surface area (Å²) in [5, 5.41) is 3.40. The minimum absolute atomic E-state index is 0.160. The Balaban J connectivity index is 1.84. The Morgan fingerprint density at radius 2 is 1.79 bits per heavy atom. The normalized spacial score (nSPS) is 16.5. The number of hydrogen-bond donors (Lipinski definition) is 1. The maximum Gasteiger partial charge on any atom is 0.264 e. The number of hydrogen-bond acceptors (Lipinski definition) is 4. The van der Waals surface area contributed by atoms with Crippen molar-refractivity contribution in [3.05, 3.63) is 73.5 Å². The highest BCUT2D eigenvalue weighted by molar-refractivity contribution is 9.11. The first-order chi connectivity index (χ1) is 13.4. The van der Waals surface area contributed by atoms with Crippen LogP contribution in [0.1, 0.15) is 16.7 Å². The number of carbonyl (C=O) groups excluding carboxylic acids is 1. The largest absolute Gasteiger partial charge is 0.487 e. The smallest absolute Gasteiger partial charge is 0.264 e. The van der Waals surface area contributed by atoms with Crippen molar-refractivity contribution >= 4 is 66.5 Å². The minimum atomic E-state index is -0.160. The van der Waals surface area contributed by atoms with Crippen LogP contribution in [0.25, 0.3) is 6.08 Å². The first-order valence-corrected chi connectivity index (χ1v) is 10.9. The van der Waals surface area contributed by atoms with E-state index in [-0.39, 0.29) is 5.91 Å². The van der Waals surface area contributed by atoms with E-state index in [0.717, 1.165) is 31.3 Å². The molecule has 1 aliphatic heterocycles. The number of nitrogens with zero attached hydrogens (tertiary/aromatic N) is 1. The van der Waals surface area contributed by atoms with Crippen molar-refractivity contribution in [3.63, 3.8) is 0 Å². The van der Waals surface area contributed by atoms with E-state index in [1.165, 1.54) is 11.8 Å². The summed E-state index contributed by atoms with van der Waals surface area (Å²) in [5.41, 5.74) is 3.97. The van der Waals surface area contributed by atoms with Crippen LogP contribution in [0.2, 0.25) is 0 Å². The number of benzene rings is 2. The van der Waals surface area contributed by atoms with Gasteiger partial charge in [-0.25, -0.2) is 4.99 Å². The highest BCUT2D eigenvalue weighted by atomic mass is 79.9. The molecule has 2 aromatic carbocycles. The summed E-state index contributed by atoms with van der Waals surface area (Å²) < 4.78 is 7.22. The molecule has 1 heterocycles. The van der Waals surface area contributed by atoms with Gasteiger partial charge in [0.2, 0.25) is 0 Å². The standard InChI is InChI=1S/C21H18Br2N2O2S/c1-4-5-27-19-16(22)9-14(10-17(19)23)11-18-20(26)25-21(28-18)24-15-7-12(2)6-13(3)8-15/h4,6-11H,1,5H2,2-3H3,(H,24,25,26)/b18-11+. The van der Waals surface area contributed by atoms with E-state index in [1.54, 1.807) is 6.08 Å². The molecule has 0 radical (unpaired) electrons. The average molecular weight is 522 g/mol. The predicted octanol–water partition coefficient (Wildman–Crippen LogP) is 6.28. The molecule has 1 N–H and O–H groups in total. The van der Waals surface area contributed by atoms with Gasteiger partial charge in [-0.05, 0) is 105 Å². The minimum Gasteiger partial charge on any atom is -0.487 e. The second kappa shape index (κ2) is 9.11. The van der Waals surface area contributed by atoms with Gasteiger partial charge in [0.05, 0.1) is 19.5 Å². The third-order valence-electron chi connectivity index (χ3n) is 3.75. The number of carbonyl (C=O) groups is 1. The number of thioether (sulfide) groups is 1. The van der Waals surface area contributed by atoms with E-state index in [2.05, 4.69) is 54.8 Å². The highest BCUT2D eigenvalue weighted by Gasteiger charge is 2.24. The number of nitrogens with one attached hydrogen (secondary N) is 1. The molecule has 0 saturated carbocycles. The lowest BCUT2D eigenvalue weighted by molar-refractivity contribution is -0.115. The first kappa shape index (κ1) is 20.9. The molecule has 0 bridgehead atoms. The van der Waals surface area contributed by atoms with Crippen molar-refractivity contribution in [2.24, 2.45) is 4.99 Å². The van der Waals surface area contributed by atoms with Gasteiger partial charge in [-0.15, -0.1) is 0 Å². The average Bonchev–Trinajstić information content (AvgIpc) is 2.92. The molecule has 1 fully saturated rings. The second-order valence-electron chi connectivity index (χ2n) is 6.24. The van der Waals surface area contributed by atoms with Gasteiger partial charge in [0.15, 0.2) is 5.17 Å². The molecule has 0 atom stereocenters. The zero-order valence-corrected chi connectivity index (χ0v) is 19.4. The lowest BCUT2D eigenvalue weighted by Crippen LogP contribution is -2.19. The van der Waals surface area contributed by atoms with Crippen LogP contribution in [0.15, 0.2) is 61.8 Å². The van der Waals surface area contributed by atoms with Gasteiger partial charge in [-0.3, -0.25) is 4.79 Å². The monoisotopic (exact) mass is 520 g/mol. The third-order valence-corrected chi connectivity index (χ3v) is 5.84. The molecule has 7 heteroatoms. The Morgan fingerprint density at radius 1 is 1.14 bits per heavy atom. The molecule has 0 unspecified atom stereocenters. The summed E-state index contributed by atoms with van der Waals surface area (Å²) in [7, 11) is 0. The fourth-order valence-electron chi connectivity index (χ4n) is 2.71. The van der Waals surface area contributed by atoms with Crippen molar-refractivity contribution in [1.82, 2.24) is 5.32 Å². The molecular formula is C21H18Br2N2O2S. The maximum atomic E-state index is 12.4. The third kappa shape index (κ3) is 5.16. The van der Waals surface area contributed by atoms with Crippen LogP contribution in [-0.2, 0) is 4.79 Å². The van der Waals surface area contributed by atoms with Crippen LogP contribution in [0.4, 0.5) is 5.69 Å². The Labute approximate surface area is 185 Å². The predicted molar refractivity (Wildman–Crippen MR) is 124 cm³/mol. The van der Waals surface area contributed by atoms with Crippen LogP contribution in [0.3, 0.4) is 0 Å². The lowest BCUT2D eigenvalue weighted by Gasteiger charge is -2.09. The number of ether oxygens (including phenoxy) is 1. The van der Waals surface area contributed by atoms with Gasteiger partial charge in [0.1, 0.15) is 12.4 Å². The number of amides is 1. The molecule has 1 saturated heterocycles. The fraction of sp³-hybridized carbons (Fsp3) is 0.143. The van der Waals surface area contributed by atoms with Crippen LogP contribution >= 0.6 is 43.6 Å². The quantitative estimate of drug-likeness (QED) is 0.372. The summed E-state index contributed by atoms with van der Waals surface area (Å²) >= 11 is 8.35. The molecule has 3 rings (SSSR count). The van der Waals surface area contributed by atoms with Crippen molar-refractivity contribution in [1.29, 1.82) is 0 Å². The van der Waals surface area contributed by atoms with Crippen LogP contribution in [0.5, 0.6) is 5.75 Å². The van der Waals surface area contributed by atoms with Crippen molar-refractivity contribution in [2.45, 2.75) is 13.8 Å². The van der Waals surface area contributed by atoms with E-state index >= 15 is 0 Å². The summed E-state index contributed by atoms with van der Waals surface area (Å²) in [6, 6.07) is 9.88. The number of amidine groups is 1. The van der Waals surface area contributed by atoms with Gasteiger partial charge >= 0.3 is 0 Å². The van der Waals surface area contributed by atoms with Gasteiger partial charge in [0.25, 0.3) is 5.91 Å². The van der Waals surface area contributed by atoms with Crippen molar-refractivity contribution in [3.8, 4) is 5.75 Å². The first-order valence-electron chi connectivity index (χ1n) is 8.46. The van der Waals surface area contributed by atoms with Gasteiger partial charge < -0.3 is 10.1 Å². The van der Waals surface area contributed by atoms with Crippen molar-refractivity contribution < 1.29 is 9.53 Å². The van der Waals surface area contributed by atoms with Crippen LogP contribution < -0.4 is 10.1 Å². The van der Waals surface area contributed by atoms with E-state index in [1.807, 2.05) is 44.2 Å². The number of aliphatic imine (C=N–C) groups is 1. The Morgan fingerprint density at radius 3 is 2.39 bits per heavy atom. The van der Waals surface area contributed by atoms with Crippen LogP contribution in [-0.4, -0.2) is 17.7 Å². The molecule has 4 nitrogen and oxygen atoms in total. The SMILES string of the molecule is C=CCOc1c(Br)cc(/C=C2/SC(=Nc3cc(C)cc(C)c3)NC2=O)cc1Br. The zero-order valence-electron chi connectivity index (χ0n) is 15.4. The van der Waals surface area contributed by atoms with E-state index in [4.69, 9.17) is 4.74 Å². The van der Waals surface area contributed by atoms with Gasteiger partial charge in [-0.1, -0.05) is 18.7 Å². The molecule has 1 aliphatic rings. The number of aryl methyl sites for hydroxylation is 2. The molecule has 2 aromatic rings. The number of halogens is 2. The molecule has 0 spiro atoms. The van der Waals surface area contributed by atoms with E-state index in [0.29, 0.717) is 22.4 Å². The van der Waals surface area contributed by atoms with Gasteiger partial charge in [-0.2, -0.15) is 0 Å². The van der Waals surface area contributed by atoms with Gasteiger partial charge in [0, 0.05) is 0 Å². The summed E-state index contributed by atoms with van der Waals surface area (Å²) in [5.74, 6) is 0.537. The summed E-state index contributed by atoms with van der Waals surface area (Å²) in [4.78, 5) is 17.5. The Bertz CT molecular complexity index is 972. The number of rotatable bonds is 5.